The average Bonchev–Trinajstić information content (AvgIpc) is 2.92. The van der Waals surface area contributed by atoms with Crippen LogP contribution in [0.4, 0.5) is 0 Å². The molecule has 0 bridgehead atoms. The van der Waals surface area contributed by atoms with Crippen LogP contribution in [0.1, 0.15) is 11.9 Å². The van der Waals surface area contributed by atoms with E-state index in [0.717, 1.165) is 36.6 Å². The van der Waals surface area contributed by atoms with Crippen molar-refractivity contribution in [2.45, 2.75) is 19.4 Å². The number of thiazole rings is 1. The van der Waals surface area contributed by atoms with Gasteiger partial charge in [-0.3, -0.25) is 9.69 Å². The van der Waals surface area contributed by atoms with Crippen LogP contribution in [0, 0.1) is 0 Å². The molecule has 1 aliphatic heterocycles. The lowest BCUT2D eigenvalue weighted by Gasteiger charge is -2.33. The van der Waals surface area contributed by atoms with Crippen molar-refractivity contribution < 1.29 is 4.79 Å². The van der Waals surface area contributed by atoms with Gasteiger partial charge in [-0.05, 0) is 19.1 Å². The van der Waals surface area contributed by atoms with E-state index in [9.17, 15) is 4.79 Å². The summed E-state index contributed by atoms with van der Waals surface area (Å²) in [5, 5.41) is 7.42. The highest BCUT2D eigenvalue weighted by Crippen LogP contribution is 2.21. The second-order valence-corrected chi connectivity index (χ2v) is 6.81. The van der Waals surface area contributed by atoms with Gasteiger partial charge in [0, 0.05) is 38.6 Å². The van der Waals surface area contributed by atoms with Crippen molar-refractivity contribution >= 4 is 27.5 Å². The molecule has 0 unspecified atom stereocenters. The summed E-state index contributed by atoms with van der Waals surface area (Å²) < 4.78 is 1.21. The van der Waals surface area contributed by atoms with Crippen LogP contribution >= 0.6 is 11.3 Å². The summed E-state index contributed by atoms with van der Waals surface area (Å²) in [6.07, 6.45) is 0.794. The van der Waals surface area contributed by atoms with E-state index in [0.29, 0.717) is 19.1 Å². The van der Waals surface area contributed by atoms with Crippen molar-refractivity contribution in [1.82, 2.24) is 20.5 Å². The number of carbonyl (C=O) groups excluding carboxylic acids is 1. The average molecular weight is 318 g/mol. The molecule has 0 radical (unpaired) electrons. The summed E-state index contributed by atoms with van der Waals surface area (Å²) >= 11 is 1.70. The number of fused-ring (bicyclic) bond motifs is 1. The molecule has 118 valence electrons. The molecule has 1 aliphatic rings. The predicted octanol–water partition coefficient (Wildman–Crippen LogP) is 1.25. The second kappa shape index (κ2) is 7.17. The first-order valence-electron chi connectivity index (χ1n) is 7.78. The van der Waals surface area contributed by atoms with E-state index < -0.39 is 0 Å². The molecular formula is C16H22N4OS. The Bertz CT molecular complexity index is 609. The zero-order chi connectivity index (χ0) is 15.4. The van der Waals surface area contributed by atoms with Crippen molar-refractivity contribution in [1.29, 1.82) is 0 Å². The molecule has 1 amide bonds. The molecular weight excluding hydrogens is 296 g/mol. The van der Waals surface area contributed by atoms with E-state index >= 15 is 0 Å². The normalized spacial score (nSPS) is 19.4. The van der Waals surface area contributed by atoms with Crippen LogP contribution < -0.4 is 10.6 Å². The fraction of sp³-hybridized carbons (Fsp3) is 0.500. The Kier molecular flexibility index (Phi) is 5.02. The number of nitrogens with zero attached hydrogens (tertiary/aromatic N) is 2. The van der Waals surface area contributed by atoms with E-state index in [2.05, 4.69) is 33.5 Å². The van der Waals surface area contributed by atoms with Crippen molar-refractivity contribution in [2.75, 3.05) is 32.7 Å². The Labute approximate surface area is 134 Å². The van der Waals surface area contributed by atoms with Crippen molar-refractivity contribution in [3.8, 4) is 0 Å². The third-order valence-electron chi connectivity index (χ3n) is 3.98. The number of hydrogen-bond donors (Lipinski definition) is 2. The summed E-state index contributed by atoms with van der Waals surface area (Å²) in [5.41, 5.74) is 1.04. The molecule has 2 N–H and O–H groups in total. The van der Waals surface area contributed by atoms with Gasteiger partial charge in [-0.25, -0.2) is 4.98 Å². The Morgan fingerprint density at radius 3 is 3.18 bits per heavy atom. The van der Waals surface area contributed by atoms with Gasteiger partial charge in [0.1, 0.15) is 0 Å². The Balaban J connectivity index is 1.45. The molecule has 0 saturated carbocycles. The maximum atomic E-state index is 12.0. The van der Waals surface area contributed by atoms with Crippen LogP contribution in [0.5, 0.6) is 0 Å². The molecule has 1 fully saturated rings. The first kappa shape index (κ1) is 15.4. The lowest BCUT2D eigenvalue weighted by atomic mass is 10.2. The van der Waals surface area contributed by atoms with Gasteiger partial charge in [0.15, 0.2) is 0 Å². The van der Waals surface area contributed by atoms with Crippen molar-refractivity contribution in [3.63, 3.8) is 0 Å². The fourth-order valence-corrected chi connectivity index (χ4v) is 3.66. The Morgan fingerprint density at radius 2 is 2.36 bits per heavy atom. The third kappa shape index (κ3) is 3.82. The molecule has 0 spiro atoms. The molecule has 1 aromatic carbocycles. The summed E-state index contributed by atoms with van der Waals surface area (Å²) in [6, 6.07) is 8.56. The number of piperazine rings is 1. The van der Waals surface area contributed by atoms with Gasteiger partial charge >= 0.3 is 0 Å². The second-order valence-electron chi connectivity index (χ2n) is 5.70. The van der Waals surface area contributed by atoms with Gasteiger partial charge in [0.2, 0.25) is 5.91 Å². The van der Waals surface area contributed by atoms with E-state index in [4.69, 9.17) is 0 Å². The quantitative estimate of drug-likeness (QED) is 0.871. The zero-order valence-electron chi connectivity index (χ0n) is 12.8. The zero-order valence-corrected chi connectivity index (χ0v) is 13.7. The van der Waals surface area contributed by atoms with E-state index in [-0.39, 0.29) is 5.91 Å². The molecule has 2 heterocycles. The minimum Gasteiger partial charge on any atom is -0.355 e. The van der Waals surface area contributed by atoms with Crippen LogP contribution in [0.25, 0.3) is 10.2 Å². The Hall–Kier alpha value is -1.50. The molecule has 1 aromatic heterocycles. The summed E-state index contributed by atoms with van der Waals surface area (Å²) in [7, 11) is 0. The molecule has 2 aromatic rings. The summed E-state index contributed by atoms with van der Waals surface area (Å²) in [4.78, 5) is 18.8. The Morgan fingerprint density at radius 1 is 1.50 bits per heavy atom. The first-order chi connectivity index (χ1) is 10.7. The highest BCUT2D eigenvalue weighted by atomic mass is 32.1. The number of benzene rings is 1. The van der Waals surface area contributed by atoms with Crippen LogP contribution in [0.2, 0.25) is 0 Å². The standard InChI is InChI=1S/C16H22N4OS/c1-12-10-17-8-9-20(12)11-15(21)18-7-6-16-19-13-4-2-3-5-14(13)22-16/h2-5,12,17H,6-11H2,1H3,(H,18,21)/t12-/m0/s1. The monoisotopic (exact) mass is 318 g/mol. The van der Waals surface area contributed by atoms with Crippen LogP contribution in [0.3, 0.4) is 0 Å². The number of carbonyl (C=O) groups is 1. The van der Waals surface area contributed by atoms with Gasteiger partial charge in [-0.2, -0.15) is 0 Å². The highest BCUT2D eigenvalue weighted by molar-refractivity contribution is 7.18. The van der Waals surface area contributed by atoms with Crippen molar-refractivity contribution in [3.05, 3.63) is 29.3 Å². The molecule has 1 saturated heterocycles. The predicted molar refractivity (Wildman–Crippen MR) is 90.2 cm³/mol. The van der Waals surface area contributed by atoms with Gasteiger partial charge in [-0.15, -0.1) is 11.3 Å². The van der Waals surface area contributed by atoms with E-state index in [1.165, 1.54) is 4.70 Å². The smallest absolute Gasteiger partial charge is 0.234 e. The minimum absolute atomic E-state index is 0.106. The van der Waals surface area contributed by atoms with Gasteiger partial charge in [-0.1, -0.05) is 12.1 Å². The van der Waals surface area contributed by atoms with Crippen LogP contribution in [-0.2, 0) is 11.2 Å². The van der Waals surface area contributed by atoms with Crippen LogP contribution in [-0.4, -0.2) is 54.6 Å². The molecule has 0 aliphatic carbocycles. The highest BCUT2D eigenvalue weighted by Gasteiger charge is 2.19. The first-order valence-corrected chi connectivity index (χ1v) is 8.60. The molecule has 22 heavy (non-hydrogen) atoms. The maximum absolute atomic E-state index is 12.0. The lowest BCUT2D eigenvalue weighted by molar-refractivity contribution is -0.122. The lowest BCUT2D eigenvalue weighted by Crippen LogP contribution is -2.52. The number of hydrogen-bond acceptors (Lipinski definition) is 5. The maximum Gasteiger partial charge on any atom is 0.234 e. The number of para-hydroxylation sites is 1. The third-order valence-corrected chi connectivity index (χ3v) is 5.08. The fourth-order valence-electron chi connectivity index (χ4n) is 2.69. The minimum atomic E-state index is 0.106. The largest absolute Gasteiger partial charge is 0.355 e. The van der Waals surface area contributed by atoms with Gasteiger partial charge in [0.25, 0.3) is 0 Å². The molecule has 1 atom stereocenters. The molecule has 3 rings (SSSR count). The molecule has 6 heteroatoms. The number of nitrogens with one attached hydrogen (secondary N) is 2. The van der Waals surface area contributed by atoms with Crippen LogP contribution in [0.15, 0.2) is 24.3 Å². The van der Waals surface area contributed by atoms with E-state index in [1.807, 2.05) is 18.2 Å². The SMILES string of the molecule is C[C@H]1CNCCN1CC(=O)NCCc1nc2ccccc2s1. The summed E-state index contributed by atoms with van der Waals surface area (Å²) in [6.45, 7) is 6.15. The number of aromatic nitrogens is 1. The number of rotatable bonds is 5. The van der Waals surface area contributed by atoms with Gasteiger partial charge in [0.05, 0.1) is 21.8 Å². The van der Waals surface area contributed by atoms with E-state index in [1.54, 1.807) is 11.3 Å². The van der Waals surface area contributed by atoms with Gasteiger partial charge < -0.3 is 10.6 Å². The topological polar surface area (TPSA) is 57.3 Å². The molecule has 5 nitrogen and oxygen atoms in total. The van der Waals surface area contributed by atoms with Crippen molar-refractivity contribution in [2.24, 2.45) is 0 Å². The summed E-state index contributed by atoms with van der Waals surface area (Å²) in [5.74, 6) is 0.106. The number of amides is 1.